The average molecular weight is 416 g/mol. The number of anilines is 1. The Kier molecular flexibility index (Phi) is 6.19. The van der Waals surface area contributed by atoms with E-state index in [1.54, 1.807) is 36.4 Å². The van der Waals surface area contributed by atoms with E-state index in [0.29, 0.717) is 33.3 Å². The maximum absolute atomic E-state index is 12.2. The minimum atomic E-state index is -1.01. The molecule has 0 aliphatic carbocycles. The maximum atomic E-state index is 12.2. The first-order valence-electron chi connectivity index (χ1n) is 8.73. The summed E-state index contributed by atoms with van der Waals surface area (Å²) in [5.41, 5.74) is 1.66. The molecule has 3 rings (SSSR count). The van der Waals surface area contributed by atoms with Crippen LogP contribution in [0.2, 0.25) is 5.02 Å². The lowest BCUT2D eigenvalue weighted by Crippen LogP contribution is -2.29. The van der Waals surface area contributed by atoms with Gasteiger partial charge in [-0.25, -0.2) is 4.79 Å². The van der Waals surface area contributed by atoms with Crippen LogP contribution in [-0.2, 0) is 14.3 Å². The molecule has 1 aliphatic rings. The van der Waals surface area contributed by atoms with E-state index in [9.17, 15) is 14.4 Å². The Bertz CT molecular complexity index is 983. The van der Waals surface area contributed by atoms with Crippen LogP contribution in [0.3, 0.4) is 0 Å². The van der Waals surface area contributed by atoms with E-state index in [0.717, 1.165) is 0 Å². The Hall–Kier alpha value is -3.32. The molecule has 1 aliphatic heterocycles. The number of rotatable bonds is 6. The van der Waals surface area contributed by atoms with E-state index in [1.165, 1.54) is 26.0 Å². The second kappa shape index (κ2) is 8.79. The highest BCUT2D eigenvalue weighted by Gasteiger charge is 2.19. The van der Waals surface area contributed by atoms with Crippen LogP contribution in [0.1, 0.15) is 29.8 Å². The molecular formula is C21H18ClNO6. The minimum Gasteiger partial charge on any atom is -0.454 e. The Labute approximate surface area is 172 Å². The first kappa shape index (κ1) is 20.4. The topological polar surface area (TPSA) is 90.9 Å². The smallest absolute Gasteiger partial charge is 0.331 e. The maximum Gasteiger partial charge on any atom is 0.331 e. The summed E-state index contributed by atoms with van der Waals surface area (Å²) < 4.78 is 15.6. The molecule has 0 fully saturated rings. The van der Waals surface area contributed by atoms with E-state index in [4.69, 9.17) is 25.8 Å². The number of carbonyl (C=O) groups excluding carboxylic acids is 3. The van der Waals surface area contributed by atoms with Gasteiger partial charge in [-0.05, 0) is 61.9 Å². The van der Waals surface area contributed by atoms with Gasteiger partial charge in [0, 0.05) is 17.3 Å². The molecule has 0 unspecified atom stereocenters. The number of nitrogens with one attached hydrogen (secondary N) is 1. The summed E-state index contributed by atoms with van der Waals surface area (Å²) in [7, 11) is 0. The number of amides is 1. The fourth-order valence-corrected chi connectivity index (χ4v) is 2.82. The van der Waals surface area contributed by atoms with E-state index in [1.807, 2.05) is 0 Å². The molecular weight excluding hydrogens is 398 g/mol. The molecule has 0 spiro atoms. The second-order valence-electron chi connectivity index (χ2n) is 6.27. The van der Waals surface area contributed by atoms with Crippen molar-refractivity contribution in [1.82, 2.24) is 0 Å². The van der Waals surface area contributed by atoms with E-state index in [-0.39, 0.29) is 12.6 Å². The van der Waals surface area contributed by atoms with Gasteiger partial charge >= 0.3 is 5.97 Å². The normalized spacial score (nSPS) is 13.2. The Morgan fingerprint density at radius 2 is 1.90 bits per heavy atom. The van der Waals surface area contributed by atoms with Crippen molar-refractivity contribution >= 4 is 41.0 Å². The third-order valence-electron chi connectivity index (χ3n) is 4.08. The SMILES string of the molecule is CC(=O)c1ccc(NC(=O)[C@H](C)OC(=O)/C=C/c2cc(Cl)c3c(c2)OCO3)cc1. The monoisotopic (exact) mass is 415 g/mol. The first-order valence-corrected chi connectivity index (χ1v) is 9.11. The number of ether oxygens (including phenoxy) is 3. The van der Waals surface area contributed by atoms with Crippen molar-refractivity contribution in [3.63, 3.8) is 0 Å². The van der Waals surface area contributed by atoms with Gasteiger partial charge in [0.25, 0.3) is 5.91 Å². The van der Waals surface area contributed by atoms with Crippen LogP contribution >= 0.6 is 11.6 Å². The third kappa shape index (κ3) is 5.14. The molecule has 0 aromatic heterocycles. The lowest BCUT2D eigenvalue weighted by atomic mass is 10.1. The highest BCUT2D eigenvalue weighted by atomic mass is 35.5. The number of fused-ring (bicyclic) bond motifs is 1. The predicted molar refractivity (Wildman–Crippen MR) is 107 cm³/mol. The number of Topliss-reactive ketones (excluding diaryl/α,β-unsaturated/α-hetero) is 1. The molecule has 2 aromatic rings. The van der Waals surface area contributed by atoms with E-state index < -0.39 is 18.0 Å². The molecule has 0 radical (unpaired) electrons. The molecule has 0 saturated heterocycles. The highest BCUT2D eigenvalue weighted by Crippen LogP contribution is 2.40. The van der Waals surface area contributed by atoms with Gasteiger partial charge < -0.3 is 19.5 Å². The third-order valence-corrected chi connectivity index (χ3v) is 4.36. The second-order valence-corrected chi connectivity index (χ2v) is 6.68. The summed E-state index contributed by atoms with van der Waals surface area (Å²) in [5, 5.41) is 3.00. The van der Waals surface area contributed by atoms with Gasteiger partial charge in [0.15, 0.2) is 23.4 Å². The first-order chi connectivity index (χ1) is 13.8. The van der Waals surface area contributed by atoms with Crippen LogP contribution in [0.15, 0.2) is 42.5 Å². The van der Waals surface area contributed by atoms with Crippen molar-refractivity contribution in [2.45, 2.75) is 20.0 Å². The molecule has 7 nitrogen and oxygen atoms in total. The van der Waals surface area contributed by atoms with E-state index in [2.05, 4.69) is 5.32 Å². The largest absolute Gasteiger partial charge is 0.454 e. The van der Waals surface area contributed by atoms with Crippen LogP contribution in [-0.4, -0.2) is 30.6 Å². The summed E-state index contributed by atoms with van der Waals surface area (Å²) in [4.78, 5) is 35.5. The molecule has 0 saturated carbocycles. The summed E-state index contributed by atoms with van der Waals surface area (Å²) in [6.07, 6.45) is 1.68. The van der Waals surface area contributed by atoms with Crippen LogP contribution in [0.5, 0.6) is 11.5 Å². The zero-order valence-electron chi connectivity index (χ0n) is 15.7. The van der Waals surface area contributed by atoms with Gasteiger partial charge in [0.2, 0.25) is 6.79 Å². The Balaban J connectivity index is 1.55. The number of hydrogen-bond donors (Lipinski definition) is 1. The van der Waals surface area contributed by atoms with Gasteiger partial charge in [-0.1, -0.05) is 11.6 Å². The molecule has 1 N–H and O–H groups in total. The molecule has 150 valence electrons. The van der Waals surface area contributed by atoms with Crippen LogP contribution in [0, 0.1) is 0 Å². The van der Waals surface area contributed by atoms with Crippen molar-refractivity contribution in [1.29, 1.82) is 0 Å². The van der Waals surface area contributed by atoms with Crippen LogP contribution in [0.25, 0.3) is 6.08 Å². The number of ketones is 1. The molecule has 1 heterocycles. The van der Waals surface area contributed by atoms with Gasteiger partial charge in [-0.15, -0.1) is 0 Å². The minimum absolute atomic E-state index is 0.0688. The number of halogens is 1. The fraction of sp³-hybridized carbons (Fsp3) is 0.190. The van der Waals surface area contributed by atoms with Crippen LogP contribution < -0.4 is 14.8 Å². The van der Waals surface area contributed by atoms with Gasteiger partial charge in [0.05, 0.1) is 5.02 Å². The molecule has 0 bridgehead atoms. The van der Waals surface area contributed by atoms with Crippen molar-refractivity contribution in [3.8, 4) is 11.5 Å². The van der Waals surface area contributed by atoms with Gasteiger partial charge in [-0.3, -0.25) is 9.59 Å². The fourth-order valence-electron chi connectivity index (χ4n) is 2.55. The molecule has 1 amide bonds. The lowest BCUT2D eigenvalue weighted by Gasteiger charge is -2.12. The number of carbonyl (C=O) groups is 3. The molecule has 2 aromatic carbocycles. The summed E-state index contributed by atoms with van der Waals surface area (Å²) >= 11 is 6.09. The van der Waals surface area contributed by atoms with Gasteiger partial charge in [-0.2, -0.15) is 0 Å². The summed E-state index contributed by atoms with van der Waals surface area (Å²) in [6.45, 7) is 3.01. The molecule has 8 heteroatoms. The van der Waals surface area contributed by atoms with Crippen molar-refractivity contribution < 1.29 is 28.6 Å². The predicted octanol–water partition coefficient (Wildman–Crippen LogP) is 3.85. The van der Waals surface area contributed by atoms with Crippen molar-refractivity contribution in [3.05, 3.63) is 58.6 Å². The zero-order valence-corrected chi connectivity index (χ0v) is 16.5. The standard InChI is InChI=1S/C21H18ClNO6/c1-12(24)15-4-6-16(7-5-15)23-21(26)13(2)29-19(25)8-3-14-9-17(22)20-18(10-14)27-11-28-20/h3-10,13H,11H2,1-2H3,(H,23,26)/b8-3+/t13-/m0/s1. The summed E-state index contributed by atoms with van der Waals surface area (Å²) in [6, 6.07) is 9.72. The van der Waals surface area contributed by atoms with Gasteiger partial charge in [0.1, 0.15) is 0 Å². The van der Waals surface area contributed by atoms with E-state index >= 15 is 0 Å². The Morgan fingerprint density at radius 3 is 2.59 bits per heavy atom. The zero-order chi connectivity index (χ0) is 21.0. The number of esters is 1. The molecule has 29 heavy (non-hydrogen) atoms. The summed E-state index contributed by atoms with van der Waals surface area (Å²) in [5.74, 6) is -0.287. The lowest BCUT2D eigenvalue weighted by molar-refractivity contribution is -0.148. The van der Waals surface area contributed by atoms with Crippen molar-refractivity contribution in [2.24, 2.45) is 0 Å². The van der Waals surface area contributed by atoms with Crippen LogP contribution in [0.4, 0.5) is 5.69 Å². The van der Waals surface area contributed by atoms with Crippen molar-refractivity contribution in [2.75, 3.05) is 12.1 Å². The number of hydrogen-bond acceptors (Lipinski definition) is 6. The number of benzene rings is 2. The average Bonchev–Trinajstić information content (AvgIpc) is 3.16. The quantitative estimate of drug-likeness (QED) is 0.437. The molecule has 1 atom stereocenters. The Morgan fingerprint density at radius 1 is 1.17 bits per heavy atom. The highest BCUT2D eigenvalue weighted by molar-refractivity contribution is 6.32.